The van der Waals surface area contributed by atoms with E-state index in [0.717, 1.165) is 24.1 Å². The topological polar surface area (TPSA) is 75.3 Å². The standard InChI is InChI=1S/C19H23FN2O3S/c1-4-19(2,3)21-18(23)13-14-5-9-16(10-6-14)22-26(24,25)17-11-7-15(20)8-12-17/h5-12,22H,4,13H2,1-3H3,(H,21,23). The monoisotopic (exact) mass is 378 g/mol. The first-order chi connectivity index (χ1) is 12.1. The molecule has 0 bridgehead atoms. The lowest BCUT2D eigenvalue weighted by Crippen LogP contribution is -2.43. The molecule has 1 amide bonds. The van der Waals surface area contributed by atoms with Gasteiger partial charge in [-0.15, -0.1) is 0 Å². The summed E-state index contributed by atoms with van der Waals surface area (Å²) in [4.78, 5) is 12.0. The second-order valence-corrected chi connectivity index (χ2v) is 8.40. The van der Waals surface area contributed by atoms with E-state index in [2.05, 4.69) is 10.0 Å². The van der Waals surface area contributed by atoms with Crippen molar-refractivity contribution >= 4 is 21.6 Å². The van der Waals surface area contributed by atoms with Gasteiger partial charge in [0.2, 0.25) is 5.91 Å². The predicted molar refractivity (Wildman–Crippen MR) is 99.9 cm³/mol. The fraction of sp³-hybridized carbons (Fsp3) is 0.316. The van der Waals surface area contributed by atoms with E-state index in [1.165, 1.54) is 12.1 Å². The molecule has 7 heteroatoms. The van der Waals surface area contributed by atoms with E-state index in [1.807, 2.05) is 20.8 Å². The van der Waals surface area contributed by atoms with Gasteiger partial charge in [-0.3, -0.25) is 9.52 Å². The van der Waals surface area contributed by atoms with Crippen LogP contribution in [0.5, 0.6) is 0 Å². The predicted octanol–water partition coefficient (Wildman–Crippen LogP) is 3.47. The third-order valence-corrected chi connectivity index (χ3v) is 5.45. The Morgan fingerprint density at radius 2 is 1.62 bits per heavy atom. The third-order valence-electron chi connectivity index (χ3n) is 4.06. The first-order valence-electron chi connectivity index (χ1n) is 8.30. The maximum absolute atomic E-state index is 12.9. The minimum Gasteiger partial charge on any atom is -0.351 e. The molecule has 26 heavy (non-hydrogen) atoms. The number of nitrogens with one attached hydrogen (secondary N) is 2. The Labute approximate surface area is 153 Å². The summed E-state index contributed by atoms with van der Waals surface area (Å²) in [5.74, 6) is -0.589. The Morgan fingerprint density at radius 1 is 1.04 bits per heavy atom. The van der Waals surface area contributed by atoms with Crippen LogP contribution in [0.2, 0.25) is 0 Å². The van der Waals surface area contributed by atoms with Crippen molar-refractivity contribution in [3.63, 3.8) is 0 Å². The van der Waals surface area contributed by atoms with Gasteiger partial charge in [0, 0.05) is 11.2 Å². The summed E-state index contributed by atoms with van der Waals surface area (Å²) in [5, 5.41) is 2.95. The van der Waals surface area contributed by atoms with E-state index < -0.39 is 15.8 Å². The highest BCUT2D eigenvalue weighted by molar-refractivity contribution is 7.92. The minimum absolute atomic E-state index is 0.0239. The second-order valence-electron chi connectivity index (χ2n) is 6.72. The number of hydrogen-bond donors (Lipinski definition) is 2. The van der Waals surface area contributed by atoms with Gasteiger partial charge in [-0.05, 0) is 62.2 Å². The molecule has 140 valence electrons. The lowest BCUT2D eigenvalue weighted by Gasteiger charge is -2.24. The zero-order chi connectivity index (χ0) is 19.4. The third kappa shape index (κ3) is 5.56. The number of sulfonamides is 1. The molecule has 0 aromatic heterocycles. The Kier molecular flexibility index (Phi) is 6.02. The molecule has 0 aliphatic heterocycles. The molecule has 2 rings (SSSR count). The van der Waals surface area contributed by atoms with Crippen LogP contribution in [-0.4, -0.2) is 19.9 Å². The van der Waals surface area contributed by atoms with Gasteiger partial charge in [0.25, 0.3) is 10.0 Å². The fourth-order valence-corrected chi connectivity index (χ4v) is 3.27. The number of amides is 1. The molecule has 2 aromatic carbocycles. The van der Waals surface area contributed by atoms with Crippen molar-refractivity contribution in [2.45, 2.75) is 44.0 Å². The molecule has 5 nitrogen and oxygen atoms in total. The van der Waals surface area contributed by atoms with Crippen LogP contribution in [0.15, 0.2) is 53.4 Å². The first kappa shape index (κ1) is 19.9. The van der Waals surface area contributed by atoms with Crippen LogP contribution in [0.25, 0.3) is 0 Å². The normalized spacial score (nSPS) is 11.8. The molecule has 0 spiro atoms. The molecule has 0 unspecified atom stereocenters. The lowest BCUT2D eigenvalue weighted by atomic mass is 10.0. The Bertz CT molecular complexity index is 861. The van der Waals surface area contributed by atoms with Gasteiger partial charge in [0.1, 0.15) is 5.82 Å². The molecule has 0 heterocycles. The minimum atomic E-state index is -3.79. The molecular weight excluding hydrogens is 355 g/mol. The Hall–Kier alpha value is -2.41. The van der Waals surface area contributed by atoms with Crippen LogP contribution < -0.4 is 10.0 Å². The van der Waals surface area contributed by atoms with E-state index in [1.54, 1.807) is 24.3 Å². The summed E-state index contributed by atoms with van der Waals surface area (Å²) in [6.07, 6.45) is 1.04. The lowest BCUT2D eigenvalue weighted by molar-refractivity contribution is -0.122. The molecule has 0 fully saturated rings. The maximum Gasteiger partial charge on any atom is 0.261 e. The van der Waals surface area contributed by atoms with Gasteiger partial charge in [-0.2, -0.15) is 0 Å². The molecule has 0 saturated heterocycles. The quantitative estimate of drug-likeness (QED) is 0.775. The van der Waals surface area contributed by atoms with Crippen molar-refractivity contribution < 1.29 is 17.6 Å². The molecule has 0 radical (unpaired) electrons. The van der Waals surface area contributed by atoms with Crippen molar-refractivity contribution in [3.8, 4) is 0 Å². The highest BCUT2D eigenvalue weighted by Crippen LogP contribution is 2.17. The second kappa shape index (κ2) is 7.86. The van der Waals surface area contributed by atoms with Crippen molar-refractivity contribution in [1.29, 1.82) is 0 Å². The van der Waals surface area contributed by atoms with Crippen molar-refractivity contribution in [3.05, 3.63) is 59.9 Å². The zero-order valence-corrected chi connectivity index (χ0v) is 15.9. The number of carbonyl (C=O) groups is 1. The van der Waals surface area contributed by atoms with Crippen LogP contribution >= 0.6 is 0 Å². The SMILES string of the molecule is CCC(C)(C)NC(=O)Cc1ccc(NS(=O)(=O)c2ccc(F)cc2)cc1. The van der Waals surface area contributed by atoms with Crippen molar-refractivity contribution in [2.75, 3.05) is 4.72 Å². The van der Waals surface area contributed by atoms with E-state index in [9.17, 15) is 17.6 Å². The number of rotatable bonds is 7. The molecule has 2 N–H and O–H groups in total. The first-order valence-corrected chi connectivity index (χ1v) is 9.78. The highest BCUT2D eigenvalue weighted by atomic mass is 32.2. The molecule has 0 atom stereocenters. The number of benzene rings is 2. The van der Waals surface area contributed by atoms with Crippen LogP contribution in [-0.2, 0) is 21.2 Å². The number of hydrogen-bond acceptors (Lipinski definition) is 3. The van der Waals surface area contributed by atoms with Gasteiger partial charge in [0.05, 0.1) is 11.3 Å². The average molecular weight is 378 g/mol. The smallest absolute Gasteiger partial charge is 0.261 e. The summed E-state index contributed by atoms with van der Waals surface area (Å²) in [5.41, 5.74) is 0.883. The Balaban J connectivity index is 2.03. The average Bonchev–Trinajstić information content (AvgIpc) is 2.56. The Morgan fingerprint density at radius 3 is 2.15 bits per heavy atom. The number of anilines is 1. The van der Waals surface area contributed by atoms with Gasteiger partial charge in [0.15, 0.2) is 0 Å². The maximum atomic E-state index is 12.9. The van der Waals surface area contributed by atoms with Gasteiger partial charge in [-0.25, -0.2) is 12.8 Å². The molecule has 2 aromatic rings. The highest BCUT2D eigenvalue weighted by Gasteiger charge is 2.18. The summed E-state index contributed by atoms with van der Waals surface area (Å²) < 4.78 is 39.9. The molecule has 0 saturated carbocycles. The van der Waals surface area contributed by atoms with Crippen molar-refractivity contribution in [2.24, 2.45) is 0 Å². The van der Waals surface area contributed by atoms with Crippen LogP contribution in [0.1, 0.15) is 32.8 Å². The molecule has 0 aliphatic carbocycles. The summed E-state index contributed by atoms with van der Waals surface area (Å²) in [6, 6.07) is 11.2. The van der Waals surface area contributed by atoms with E-state index in [-0.39, 0.29) is 22.8 Å². The van der Waals surface area contributed by atoms with Crippen LogP contribution in [0, 0.1) is 5.82 Å². The largest absolute Gasteiger partial charge is 0.351 e. The van der Waals surface area contributed by atoms with Crippen molar-refractivity contribution in [1.82, 2.24) is 5.32 Å². The van der Waals surface area contributed by atoms with Gasteiger partial charge < -0.3 is 5.32 Å². The zero-order valence-electron chi connectivity index (χ0n) is 15.0. The fourth-order valence-electron chi connectivity index (χ4n) is 2.21. The molecule has 0 aliphatic rings. The summed E-state index contributed by atoms with van der Waals surface area (Å²) in [7, 11) is -3.79. The van der Waals surface area contributed by atoms with Crippen LogP contribution in [0.4, 0.5) is 10.1 Å². The number of halogens is 1. The van der Waals surface area contributed by atoms with Gasteiger partial charge >= 0.3 is 0 Å². The molecular formula is C19H23FN2O3S. The van der Waals surface area contributed by atoms with E-state index >= 15 is 0 Å². The summed E-state index contributed by atoms with van der Waals surface area (Å²) in [6.45, 7) is 5.92. The van der Waals surface area contributed by atoms with E-state index in [0.29, 0.717) is 5.69 Å². The van der Waals surface area contributed by atoms with E-state index in [4.69, 9.17) is 0 Å². The summed E-state index contributed by atoms with van der Waals surface area (Å²) >= 11 is 0. The van der Waals surface area contributed by atoms with Crippen LogP contribution in [0.3, 0.4) is 0 Å². The van der Waals surface area contributed by atoms with Gasteiger partial charge in [-0.1, -0.05) is 19.1 Å². The number of carbonyl (C=O) groups excluding carboxylic acids is 1.